The van der Waals surface area contributed by atoms with Gasteiger partial charge >= 0.3 is 12.4 Å². The highest BCUT2D eigenvalue weighted by Gasteiger charge is 2.71. The van der Waals surface area contributed by atoms with Gasteiger partial charge in [-0.25, -0.2) is 12.8 Å². The van der Waals surface area contributed by atoms with Gasteiger partial charge in [0.2, 0.25) is 0 Å². The number of Topliss-reactive ketones (excluding diaryl/α,β-unsaturated/α-hetero) is 1. The molecule has 0 unspecified atom stereocenters. The molecule has 5 nitrogen and oxygen atoms in total. The van der Waals surface area contributed by atoms with Crippen LogP contribution in [-0.2, 0) is 26.8 Å². The number of fused-ring (bicyclic) bond motifs is 1. The molecule has 0 saturated carbocycles. The Morgan fingerprint density at radius 3 is 2.08 bits per heavy atom. The van der Waals surface area contributed by atoms with E-state index in [1.165, 1.54) is 0 Å². The Balaban J connectivity index is 1.78. The molecule has 2 aromatic carbocycles. The standard InChI is InChI=1S/C26H24F7NO4S/c27-19-7-10-22(11-8-19)39(37,38)34-20(15-21(35)13-16-3-1-2-4-16)9-5-17-14-18(6-12-23(17)34)24(36,25(28,29)30)26(31,32)33/h1-2,6-8,10-12,14,16,20,36H,3-5,9,13,15H2/t20-/m0/s1. The lowest BCUT2D eigenvalue weighted by molar-refractivity contribution is -0.376. The van der Waals surface area contributed by atoms with E-state index in [0.717, 1.165) is 34.6 Å². The lowest BCUT2D eigenvalue weighted by Crippen LogP contribution is -2.54. The summed E-state index contributed by atoms with van der Waals surface area (Å²) in [5, 5.41) is 9.83. The van der Waals surface area contributed by atoms with Gasteiger partial charge < -0.3 is 5.11 Å². The molecule has 39 heavy (non-hydrogen) atoms. The highest BCUT2D eigenvalue weighted by atomic mass is 32.2. The van der Waals surface area contributed by atoms with Crippen molar-refractivity contribution in [3.05, 3.63) is 71.6 Å². The molecule has 0 spiro atoms. The fourth-order valence-corrected chi connectivity index (χ4v) is 6.81. The second-order valence-electron chi connectivity index (χ2n) is 9.75. The highest BCUT2D eigenvalue weighted by Crippen LogP contribution is 2.51. The molecule has 0 radical (unpaired) electrons. The first kappa shape index (κ1) is 29.1. The van der Waals surface area contributed by atoms with E-state index in [2.05, 4.69) is 0 Å². The molecule has 1 aliphatic carbocycles. The van der Waals surface area contributed by atoms with E-state index < -0.39 is 45.4 Å². The quantitative estimate of drug-likeness (QED) is 0.325. The van der Waals surface area contributed by atoms with Crippen molar-refractivity contribution in [2.45, 2.75) is 67.4 Å². The maximum atomic E-state index is 13.7. The van der Waals surface area contributed by atoms with Crippen LogP contribution in [0.1, 0.15) is 43.2 Å². The SMILES string of the molecule is O=C(CC1CC=CC1)C[C@@H]1CCc2cc(C(O)(C(F)(F)F)C(F)(F)F)ccc2N1S(=O)(=O)c1ccc(F)cc1. The molecule has 0 aromatic heterocycles. The van der Waals surface area contributed by atoms with E-state index >= 15 is 0 Å². The van der Waals surface area contributed by atoms with E-state index in [0.29, 0.717) is 25.0 Å². The van der Waals surface area contributed by atoms with Crippen LogP contribution >= 0.6 is 0 Å². The monoisotopic (exact) mass is 579 g/mol. The number of sulfonamides is 1. The number of rotatable bonds is 7. The molecular formula is C26H24F7NO4S. The van der Waals surface area contributed by atoms with Gasteiger partial charge in [-0.2, -0.15) is 26.3 Å². The second-order valence-corrected chi connectivity index (χ2v) is 11.6. The minimum Gasteiger partial charge on any atom is -0.369 e. The fourth-order valence-electron chi connectivity index (χ4n) is 5.09. The van der Waals surface area contributed by atoms with Gasteiger partial charge in [-0.3, -0.25) is 9.10 Å². The molecule has 2 aromatic rings. The number of aliphatic hydroxyl groups is 1. The van der Waals surface area contributed by atoms with E-state index in [9.17, 15) is 49.1 Å². The Kier molecular flexibility index (Phi) is 7.63. The molecule has 13 heteroatoms. The van der Waals surface area contributed by atoms with Crippen molar-refractivity contribution in [1.29, 1.82) is 0 Å². The molecule has 2 aliphatic rings. The molecule has 0 amide bonds. The number of allylic oxidation sites excluding steroid dienone is 2. The maximum absolute atomic E-state index is 13.7. The van der Waals surface area contributed by atoms with Crippen molar-refractivity contribution < 1.29 is 49.1 Å². The molecule has 1 heterocycles. The van der Waals surface area contributed by atoms with Crippen LogP contribution in [0.15, 0.2) is 59.5 Å². The van der Waals surface area contributed by atoms with Crippen LogP contribution in [0.25, 0.3) is 0 Å². The van der Waals surface area contributed by atoms with Crippen molar-refractivity contribution in [1.82, 2.24) is 0 Å². The molecule has 1 atom stereocenters. The number of alkyl halides is 6. The van der Waals surface area contributed by atoms with Crippen LogP contribution in [-0.4, -0.2) is 37.7 Å². The number of ketones is 1. The van der Waals surface area contributed by atoms with Gasteiger partial charge in [0.1, 0.15) is 11.6 Å². The first-order valence-electron chi connectivity index (χ1n) is 12.0. The largest absolute Gasteiger partial charge is 0.430 e. The number of carbonyl (C=O) groups excluding carboxylic acids is 1. The zero-order chi connectivity index (χ0) is 28.8. The van der Waals surface area contributed by atoms with Crippen molar-refractivity contribution in [2.75, 3.05) is 4.31 Å². The summed E-state index contributed by atoms with van der Waals surface area (Å²) >= 11 is 0. The van der Waals surface area contributed by atoms with Crippen molar-refractivity contribution in [2.24, 2.45) is 5.92 Å². The van der Waals surface area contributed by atoms with Crippen molar-refractivity contribution in [3.63, 3.8) is 0 Å². The summed E-state index contributed by atoms with van der Waals surface area (Å²) in [5.41, 5.74) is -7.10. The number of hydrogen-bond donors (Lipinski definition) is 1. The average molecular weight is 580 g/mol. The summed E-state index contributed by atoms with van der Waals surface area (Å²) in [6.45, 7) is 0. The van der Waals surface area contributed by atoms with Crippen molar-refractivity contribution >= 4 is 21.5 Å². The number of anilines is 1. The molecular weight excluding hydrogens is 555 g/mol. The number of nitrogens with zero attached hydrogens (tertiary/aromatic N) is 1. The summed E-state index contributed by atoms with van der Waals surface area (Å²) in [6.07, 6.45) is -7.24. The summed E-state index contributed by atoms with van der Waals surface area (Å²) in [5.74, 6) is -0.898. The summed E-state index contributed by atoms with van der Waals surface area (Å²) < 4.78 is 122. The minimum atomic E-state index is -6.11. The van der Waals surface area contributed by atoms with Gasteiger partial charge in [-0.15, -0.1) is 0 Å². The third kappa shape index (κ3) is 5.43. The Labute approximate surface area is 220 Å². The first-order valence-corrected chi connectivity index (χ1v) is 13.5. The molecule has 1 aliphatic heterocycles. The number of carbonyl (C=O) groups is 1. The van der Waals surface area contributed by atoms with Gasteiger partial charge in [0.15, 0.2) is 0 Å². The molecule has 0 saturated heterocycles. The van der Waals surface area contributed by atoms with E-state index in [1.54, 1.807) is 0 Å². The summed E-state index contributed by atoms with van der Waals surface area (Å²) in [7, 11) is -4.52. The topological polar surface area (TPSA) is 74.7 Å². The van der Waals surface area contributed by atoms with Crippen LogP contribution < -0.4 is 4.31 Å². The zero-order valence-electron chi connectivity index (χ0n) is 20.3. The Morgan fingerprint density at radius 1 is 0.923 bits per heavy atom. The number of halogens is 7. The van der Waals surface area contributed by atoms with Crippen LogP contribution in [0.3, 0.4) is 0 Å². The molecule has 4 rings (SSSR count). The number of benzene rings is 2. The van der Waals surface area contributed by atoms with Gasteiger partial charge in [0, 0.05) is 18.4 Å². The minimum absolute atomic E-state index is 0.0699. The van der Waals surface area contributed by atoms with E-state index in [-0.39, 0.29) is 53.5 Å². The van der Waals surface area contributed by atoms with Crippen LogP contribution in [0.4, 0.5) is 36.4 Å². The average Bonchev–Trinajstić information content (AvgIpc) is 3.34. The molecule has 0 bridgehead atoms. The summed E-state index contributed by atoms with van der Waals surface area (Å²) in [4.78, 5) is 12.5. The Bertz CT molecular complexity index is 1350. The normalized spacial score (nSPS) is 18.9. The van der Waals surface area contributed by atoms with Crippen LogP contribution in [0.5, 0.6) is 0 Å². The van der Waals surface area contributed by atoms with Crippen molar-refractivity contribution in [3.8, 4) is 0 Å². The Hall–Kier alpha value is -2.93. The fraction of sp³-hybridized carbons (Fsp3) is 0.423. The zero-order valence-corrected chi connectivity index (χ0v) is 21.1. The first-order chi connectivity index (χ1) is 18.1. The van der Waals surface area contributed by atoms with E-state index in [4.69, 9.17) is 0 Å². The van der Waals surface area contributed by atoms with E-state index in [1.807, 2.05) is 12.2 Å². The highest BCUT2D eigenvalue weighted by molar-refractivity contribution is 7.92. The third-order valence-corrected chi connectivity index (χ3v) is 8.97. The number of hydrogen-bond acceptors (Lipinski definition) is 4. The molecule has 212 valence electrons. The maximum Gasteiger partial charge on any atom is 0.430 e. The lowest BCUT2D eigenvalue weighted by atomic mass is 9.87. The molecule has 0 fully saturated rings. The van der Waals surface area contributed by atoms with Gasteiger partial charge in [0.25, 0.3) is 15.6 Å². The predicted octanol–water partition coefficient (Wildman–Crippen LogP) is 5.96. The Morgan fingerprint density at radius 2 is 1.51 bits per heavy atom. The third-order valence-electron chi connectivity index (χ3n) is 7.09. The smallest absolute Gasteiger partial charge is 0.369 e. The van der Waals surface area contributed by atoms with Gasteiger partial charge in [0.05, 0.1) is 16.6 Å². The number of aryl methyl sites for hydroxylation is 1. The molecule has 1 N–H and O–H groups in total. The van der Waals surface area contributed by atoms with Gasteiger partial charge in [-0.05, 0) is 67.5 Å². The lowest BCUT2D eigenvalue weighted by Gasteiger charge is -2.39. The van der Waals surface area contributed by atoms with Crippen LogP contribution in [0.2, 0.25) is 0 Å². The van der Waals surface area contributed by atoms with Crippen LogP contribution in [0, 0.1) is 11.7 Å². The predicted molar refractivity (Wildman–Crippen MR) is 127 cm³/mol. The second kappa shape index (κ2) is 10.2. The van der Waals surface area contributed by atoms with Gasteiger partial charge in [-0.1, -0.05) is 24.3 Å². The summed E-state index contributed by atoms with van der Waals surface area (Å²) in [6, 6.07) is 4.38.